The molecule has 0 amide bonds. The molecule has 0 unspecified atom stereocenters. The molecule has 0 aliphatic carbocycles. The number of unbranched alkanes of at least 4 members (excludes halogenated alkanes) is 3. The van der Waals surface area contributed by atoms with E-state index in [4.69, 9.17) is 14.2 Å². The lowest BCUT2D eigenvalue weighted by Crippen LogP contribution is -2.04. The first-order valence-corrected chi connectivity index (χ1v) is 9.49. The number of rotatable bonds is 13. The second-order valence-electron chi connectivity index (χ2n) is 6.28. The summed E-state index contributed by atoms with van der Waals surface area (Å²) in [6, 6.07) is 16.3. The van der Waals surface area contributed by atoms with Crippen LogP contribution in [-0.2, 0) is 11.3 Å². The number of methoxy groups -OCH3 is 1. The number of hydrogen-bond acceptors (Lipinski definition) is 4. The molecule has 4 heteroatoms. The van der Waals surface area contributed by atoms with Crippen LogP contribution in [0.1, 0.15) is 38.2 Å². The van der Waals surface area contributed by atoms with Crippen LogP contribution in [0.2, 0.25) is 0 Å². The highest BCUT2D eigenvalue weighted by molar-refractivity contribution is 5.48. The fraction of sp³-hybridized carbons (Fsp3) is 0.455. The summed E-state index contributed by atoms with van der Waals surface area (Å²) in [5.74, 6) is 1.79. The fourth-order valence-electron chi connectivity index (χ4n) is 2.57. The standard InChI is InChI=1S/C22H31NO3/c1-3-4-5-6-14-25-22-9-7-8-20(17-22)23-18-19-10-12-21(13-11-19)26-16-15-24-2/h7-13,17,23H,3-6,14-16,18H2,1-2H3. The Bertz CT molecular complexity index is 613. The normalized spacial score (nSPS) is 10.5. The monoisotopic (exact) mass is 357 g/mol. The molecule has 2 aromatic carbocycles. The number of anilines is 1. The Morgan fingerprint density at radius 2 is 1.62 bits per heavy atom. The molecule has 4 nitrogen and oxygen atoms in total. The van der Waals surface area contributed by atoms with Crippen LogP contribution in [0.25, 0.3) is 0 Å². The Labute approximate surface area is 157 Å². The minimum Gasteiger partial charge on any atom is -0.494 e. The third-order valence-corrected chi connectivity index (χ3v) is 4.08. The fourth-order valence-corrected chi connectivity index (χ4v) is 2.57. The molecule has 0 saturated carbocycles. The largest absolute Gasteiger partial charge is 0.494 e. The lowest BCUT2D eigenvalue weighted by Gasteiger charge is -2.11. The molecule has 2 aromatic rings. The molecule has 0 aromatic heterocycles. The molecule has 0 aliphatic heterocycles. The summed E-state index contributed by atoms with van der Waals surface area (Å²) in [5.41, 5.74) is 2.27. The molecule has 0 fully saturated rings. The van der Waals surface area contributed by atoms with Crippen LogP contribution in [0.15, 0.2) is 48.5 Å². The summed E-state index contributed by atoms with van der Waals surface area (Å²) < 4.78 is 16.4. The number of hydrogen-bond donors (Lipinski definition) is 1. The minimum absolute atomic E-state index is 0.569. The summed E-state index contributed by atoms with van der Waals surface area (Å²) in [4.78, 5) is 0. The second-order valence-corrected chi connectivity index (χ2v) is 6.28. The van der Waals surface area contributed by atoms with Crippen LogP contribution in [0, 0.1) is 0 Å². The van der Waals surface area contributed by atoms with Crippen molar-refractivity contribution in [1.29, 1.82) is 0 Å². The zero-order valence-corrected chi connectivity index (χ0v) is 16.0. The first kappa shape index (κ1) is 20.1. The van der Waals surface area contributed by atoms with Gasteiger partial charge >= 0.3 is 0 Å². The molecule has 0 aliphatic rings. The van der Waals surface area contributed by atoms with Gasteiger partial charge in [0.2, 0.25) is 0 Å². The van der Waals surface area contributed by atoms with Gasteiger partial charge in [-0.1, -0.05) is 44.4 Å². The number of ether oxygens (including phenoxy) is 3. The highest BCUT2D eigenvalue weighted by Gasteiger charge is 1.99. The van der Waals surface area contributed by atoms with Gasteiger partial charge in [0, 0.05) is 25.4 Å². The van der Waals surface area contributed by atoms with Crippen molar-refractivity contribution in [2.75, 3.05) is 32.2 Å². The zero-order chi connectivity index (χ0) is 18.5. The summed E-state index contributed by atoms with van der Waals surface area (Å²) in [6.45, 7) is 4.93. The van der Waals surface area contributed by atoms with Crippen LogP contribution in [-0.4, -0.2) is 26.9 Å². The Morgan fingerprint density at radius 1 is 0.808 bits per heavy atom. The van der Waals surface area contributed by atoms with Crippen molar-refractivity contribution in [3.8, 4) is 11.5 Å². The highest BCUT2D eigenvalue weighted by Crippen LogP contribution is 2.19. The van der Waals surface area contributed by atoms with Gasteiger partial charge in [-0.15, -0.1) is 0 Å². The molecule has 142 valence electrons. The van der Waals surface area contributed by atoms with E-state index in [1.807, 2.05) is 24.3 Å². The summed E-state index contributed by atoms with van der Waals surface area (Å²) in [6.07, 6.45) is 4.88. The molecule has 0 saturated heterocycles. The first-order valence-electron chi connectivity index (χ1n) is 9.49. The Hall–Kier alpha value is -2.20. The van der Waals surface area contributed by atoms with E-state index < -0.39 is 0 Å². The molecule has 0 radical (unpaired) electrons. The van der Waals surface area contributed by atoms with E-state index in [-0.39, 0.29) is 0 Å². The molecule has 1 N–H and O–H groups in total. The van der Waals surface area contributed by atoms with Gasteiger partial charge in [-0.25, -0.2) is 0 Å². The number of benzene rings is 2. The van der Waals surface area contributed by atoms with E-state index in [9.17, 15) is 0 Å². The van der Waals surface area contributed by atoms with Gasteiger partial charge < -0.3 is 19.5 Å². The number of nitrogens with one attached hydrogen (secondary N) is 1. The van der Waals surface area contributed by atoms with Gasteiger partial charge in [0.25, 0.3) is 0 Å². The van der Waals surface area contributed by atoms with Gasteiger partial charge in [0.15, 0.2) is 0 Å². The molecule has 26 heavy (non-hydrogen) atoms. The zero-order valence-electron chi connectivity index (χ0n) is 16.0. The van der Waals surface area contributed by atoms with Gasteiger partial charge in [0.1, 0.15) is 18.1 Å². The van der Waals surface area contributed by atoms with Crippen LogP contribution < -0.4 is 14.8 Å². The maximum Gasteiger partial charge on any atom is 0.121 e. The summed E-state index contributed by atoms with van der Waals surface area (Å²) in [5, 5.41) is 3.44. The molecule has 0 spiro atoms. The Balaban J connectivity index is 1.75. The van der Waals surface area contributed by atoms with Crippen molar-refractivity contribution in [3.05, 3.63) is 54.1 Å². The van der Waals surface area contributed by atoms with Crippen molar-refractivity contribution in [2.24, 2.45) is 0 Å². The van der Waals surface area contributed by atoms with Crippen LogP contribution in [0.3, 0.4) is 0 Å². The summed E-state index contributed by atoms with van der Waals surface area (Å²) in [7, 11) is 1.67. The topological polar surface area (TPSA) is 39.7 Å². The Morgan fingerprint density at radius 3 is 2.38 bits per heavy atom. The molecular formula is C22H31NO3. The molecule has 0 heterocycles. The summed E-state index contributed by atoms with van der Waals surface area (Å²) >= 11 is 0. The van der Waals surface area contributed by atoms with Gasteiger partial charge in [-0.3, -0.25) is 0 Å². The smallest absolute Gasteiger partial charge is 0.121 e. The SMILES string of the molecule is CCCCCCOc1cccc(NCc2ccc(OCCOC)cc2)c1. The average Bonchev–Trinajstić information content (AvgIpc) is 2.68. The lowest BCUT2D eigenvalue weighted by atomic mass is 10.2. The predicted molar refractivity (Wildman–Crippen MR) is 107 cm³/mol. The molecule has 2 rings (SSSR count). The van der Waals surface area contributed by atoms with E-state index in [0.29, 0.717) is 13.2 Å². The van der Waals surface area contributed by atoms with Crippen molar-refractivity contribution in [1.82, 2.24) is 0 Å². The lowest BCUT2D eigenvalue weighted by molar-refractivity contribution is 0.146. The van der Waals surface area contributed by atoms with Crippen LogP contribution in [0.5, 0.6) is 11.5 Å². The van der Waals surface area contributed by atoms with Crippen molar-refractivity contribution >= 4 is 5.69 Å². The third-order valence-electron chi connectivity index (χ3n) is 4.08. The van der Waals surface area contributed by atoms with E-state index in [0.717, 1.165) is 36.8 Å². The van der Waals surface area contributed by atoms with E-state index in [1.165, 1.54) is 24.8 Å². The van der Waals surface area contributed by atoms with E-state index in [1.54, 1.807) is 7.11 Å². The second kappa shape index (κ2) is 12.2. The Kier molecular flexibility index (Phi) is 9.44. The molecule has 0 atom stereocenters. The highest BCUT2D eigenvalue weighted by atomic mass is 16.5. The van der Waals surface area contributed by atoms with E-state index >= 15 is 0 Å². The average molecular weight is 357 g/mol. The van der Waals surface area contributed by atoms with Crippen LogP contribution >= 0.6 is 0 Å². The van der Waals surface area contributed by atoms with E-state index in [2.05, 4.69) is 36.5 Å². The van der Waals surface area contributed by atoms with Crippen LogP contribution in [0.4, 0.5) is 5.69 Å². The van der Waals surface area contributed by atoms with Gasteiger partial charge in [0.05, 0.1) is 13.2 Å². The maximum atomic E-state index is 5.84. The van der Waals surface area contributed by atoms with Gasteiger partial charge in [-0.2, -0.15) is 0 Å². The van der Waals surface area contributed by atoms with Crippen molar-refractivity contribution in [2.45, 2.75) is 39.2 Å². The van der Waals surface area contributed by atoms with Crippen molar-refractivity contribution < 1.29 is 14.2 Å². The molecular weight excluding hydrogens is 326 g/mol. The van der Waals surface area contributed by atoms with Gasteiger partial charge in [-0.05, 0) is 36.2 Å². The maximum absolute atomic E-state index is 5.84. The first-order chi connectivity index (χ1) is 12.8. The quantitative estimate of drug-likeness (QED) is 0.495. The minimum atomic E-state index is 0.569. The predicted octanol–water partition coefficient (Wildman–Crippen LogP) is 5.28. The van der Waals surface area contributed by atoms with Crippen molar-refractivity contribution in [3.63, 3.8) is 0 Å². The molecule has 0 bridgehead atoms. The third kappa shape index (κ3) is 7.79.